The second-order valence-corrected chi connectivity index (χ2v) is 9.59. The van der Waals surface area contributed by atoms with E-state index in [9.17, 15) is 9.59 Å². The number of carbonyl (C=O) groups excluding carboxylic acids is 2. The third kappa shape index (κ3) is 5.58. The van der Waals surface area contributed by atoms with Gasteiger partial charge in [0, 0.05) is 21.7 Å². The molecule has 1 fully saturated rings. The van der Waals surface area contributed by atoms with Crippen LogP contribution in [-0.2, 0) is 16.1 Å². The number of carbonyl (C=O) groups is 2. The summed E-state index contributed by atoms with van der Waals surface area (Å²) >= 11 is 1.80. The van der Waals surface area contributed by atoms with Crippen LogP contribution in [0.1, 0.15) is 41.7 Å². The van der Waals surface area contributed by atoms with E-state index in [4.69, 9.17) is 11.1 Å². The highest BCUT2D eigenvalue weighted by Crippen LogP contribution is 2.36. The van der Waals surface area contributed by atoms with Crippen molar-refractivity contribution in [3.8, 4) is 0 Å². The largest absolute Gasteiger partial charge is 0.384 e. The Kier molecular flexibility index (Phi) is 7.05. The van der Waals surface area contributed by atoms with E-state index in [-0.39, 0.29) is 23.7 Å². The molecule has 1 aromatic heterocycles. The molecule has 1 aliphatic rings. The second kappa shape index (κ2) is 10.1. The molecule has 7 nitrogen and oxygen atoms in total. The minimum Gasteiger partial charge on any atom is -0.384 e. The van der Waals surface area contributed by atoms with Gasteiger partial charge in [0.1, 0.15) is 11.9 Å². The molecule has 0 spiro atoms. The SMILES string of the molecule is C[C@H](NC(=O)[C@H]1C[C@@H](c2cc3ccccc3s2)CCN1)C(=O)NCc1ccc(C(=N)N)cc1. The summed E-state index contributed by atoms with van der Waals surface area (Å²) in [5, 5.41) is 17.7. The first-order valence-corrected chi connectivity index (χ1v) is 12.0. The third-order valence-electron chi connectivity index (χ3n) is 6.05. The van der Waals surface area contributed by atoms with E-state index >= 15 is 0 Å². The van der Waals surface area contributed by atoms with Gasteiger partial charge in [0.2, 0.25) is 11.8 Å². The molecule has 1 saturated heterocycles. The molecule has 0 radical (unpaired) electrons. The van der Waals surface area contributed by atoms with Gasteiger partial charge in [-0.15, -0.1) is 11.3 Å². The number of hydrogen-bond donors (Lipinski definition) is 5. The second-order valence-electron chi connectivity index (χ2n) is 8.47. The fourth-order valence-electron chi connectivity index (χ4n) is 4.10. The van der Waals surface area contributed by atoms with Crippen LogP contribution in [0.5, 0.6) is 0 Å². The Morgan fingerprint density at radius 2 is 1.97 bits per heavy atom. The summed E-state index contributed by atoms with van der Waals surface area (Å²) in [5.41, 5.74) is 7.00. The molecule has 6 N–H and O–H groups in total. The Morgan fingerprint density at radius 1 is 1.21 bits per heavy atom. The number of thiophene rings is 1. The standard InChI is InChI=1S/C25H29N5O2S/c1-15(24(31)29-14-16-6-8-17(9-7-16)23(26)27)30-25(32)20-12-19(10-11-28-20)22-13-18-4-2-3-5-21(18)33-22/h2-9,13,15,19-20,28H,10-12,14H2,1H3,(H3,26,27)(H,29,31)(H,30,32)/t15-,19-,20+/m0/s1. The Bertz CT molecular complexity index is 1120. The van der Waals surface area contributed by atoms with Crippen LogP contribution in [0, 0.1) is 5.41 Å². The summed E-state index contributed by atoms with van der Waals surface area (Å²) < 4.78 is 1.27. The Hall–Kier alpha value is -3.23. The molecule has 2 aromatic carbocycles. The van der Waals surface area contributed by atoms with Gasteiger partial charge < -0.3 is 21.7 Å². The molecule has 4 rings (SSSR count). The number of benzene rings is 2. The predicted octanol–water partition coefficient (Wildman–Crippen LogP) is 2.84. The summed E-state index contributed by atoms with van der Waals surface area (Å²) in [4.78, 5) is 26.7. The quantitative estimate of drug-likeness (QED) is 0.273. The van der Waals surface area contributed by atoms with E-state index in [2.05, 4.69) is 40.2 Å². The van der Waals surface area contributed by atoms with Gasteiger partial charge in [-0.05, 0) is 55.3 Å². The number of nitrogens with one attached hydrogen (secondary N) is 4. The highest BCUT2D eigenvalue weighted by molar-refractivity contribution is 7.19. The first kappa shape index (κ1) is 22.9. The molecular formula is C25H29N5O2S. The van der Waals surface area contributed by atoms with Crippen molar-refractivity contribution < 1.29 is 9.59 Å². The number of piperidine rings is 1. The lowest BCUT2D eigenvalue weighted by atomic mass is 9.90. The molecule has 3 atom stereocenters. The van der Waals surface area contributed by atoms with Crippen LogP contribution in [0.2, 0.25) is 0 Å². The van der Waals surface area contributed by atoms with E-state index in [0.717, 1.165) is 24.9 Å². The monoisotopic (exact) mass is 463 g/mol. The highest BCUT2D eigenvalue weighted by Gasteiger charge is 2.30. The zero-order chi connectivity index (χ0) is 23.4. The van der Waals surface area contributed by atoms with Crippen molar-refractivity contribution in [3.63, 3.8) is 0 Å². The summed E-state index contributed by atoms with van der Waals surface area (Å²) in [6.07, 6.45) is 1.71. The van der Waals surface area contributed by atoms with Gasteiger partial charge in [0.25, 0.3) is 0 Å². The van der Waals surface area contributed by atoms with Crippen molar-refractivity contribution >= 4 is 39.1 Å². The molecule has 172 valence electrons. The molecule has 0 saturated carbocycles. The van der Waals surface area contributed by atoms with Crippen LogP contribution in [0.3, 0.4) is 0 Å². The predicted molar refractivity (Wildman–Crippen MR) is 133 cm³/mol. The van der Waals surface area contributed by atoms with Crippen LogP contribution in [0.4, 0.5) is 0 Å². The summed E-state index contributed by atoms with van der Waals surface area (Å²) in [6.45, 7) is 2.80. The smallest absolute Gasteiger partial charge is 0.242 e. The van der Waals surface area contributed by atoms with Crippen LogP contribution in [-0.4, -0.2) is 36.3 Å². The third-order valence-corrected chi connectivity index (χ3v) is 7.33. The van der Waals surface area contributed by atoms with Crippen molar-refractivity contribution in [3.05, 3.63) is 70.6 Å². The molecule has 0 unspecified atom stereocenters. The van der Waals surface area contributed by atoms with Gasteiger partial charge in [-0.25, -0.2) is 0 Å². The van der Waals surface area contributed by atoms with E-state index in [1.807, 2.05) is 18.2 Å². The number of fused-ring (bicyclic) bond motifs is 1. The molecule has 0 bridgehead atoms. The summed E-state index contributed by atoms with van der Waals surface area (Å²) in [5.74, 6) is -0.0422. The van der Waals surface area contributed by atoms with Crippen molar-refractivity contribution in [2.75, 3.05) is 6.54 Å². The number of nitrogen functional groups attached to an aromatic ring is 1. The minimum atomic E-state index is -0.638. The van der Waals surface area contributed by atoms with Gasteiger partial charge in [-0.2, -0.15) is 0 Å². The number of rotatable bonds is 7. The Morgan fingerprint density at radius 3 is 2.70 bits per heavy atom. The van der Waals surface area contributed by atoms with Crippen LogP contribution >= 0.6 is 11.3 Å². The lowest BCUT2D eigenvalue weighted by Crippen LogP contribution is -2.53. The van der Waals surface area contributed by atoms with Gasteiger partial charge >= 0.3 is 0 Å². The molecule has 33 heavy (non-hydrogen) atoms. The van der Waals surface area contributed by atoms with Crippen molar-refractivity contribution in [2.24, 2.45) is 5.73 Å². The zero-order valence-electron chi connectivity index (χ0n) is 18.6. The average Bonchev–Trinajstić information content (AvgIpc) is 3.27. The van der Waals surface area contributed by atoms with Crippen molar-refractivity contribution in [2.45, 2.75) is 44.3 Å². The van der Waals surface area contributed by atoms with Crippen molar-refractivity contribution in [1.82, 2.24) is 16.0 Å². The molecule has 8 heteroatoms. The lowest BCUT2D eigenvalue weighted by molar-refractivity contribution is -0.130. The maximum Gasteiger partial charge on any atom is 0.242 e. The number of amides is 2. The molecule has 2 amide bonds. The molecular weight excluding hydrogens is 434 g/mol. The van der Waals surface area contributed by atoms with E-state index < -0.39 is 6.04 Å². The summed E-state index contributed by atoms with van der Waals surface area (Å²) in [6, 6.07) is 16.8. The normalized spacial score (nSPS) is 19.1. The topological polar surface area (TPSA) is 120 Å². The maximum atomic E-state index is 12.9. The fraction of sp³-hybridized carbons (Fsp3) is 0.320. The fourth-order valence-corrected chi connectivity index (χ4v) is 5.32. The number of nitrogens with two attached hydrogens (primary N) is 1. The molecule has 2 heterocycles. The van der Waals surface area contributed by atoms with E-state index in [0.29, 0.717) is 18.0 Å². The Labute approximate surface area is 197 Å². The molecule has 0 aliphatic carbocycles. The maximum absolute atomic E-state index is 12.9. The van der Waals surface area contributed by atoms with E-state index in [1.165, 1.54) is 15.0 Å². The number of hydrogen-bond acceptors (Lipinski definition) is 5. The zero-order valence-corrected chi connectivity index (χ0v) is 19.4. The first-order valence-electron chi connectivity index (χ1n) is 11.1. The van der Waals surface area contributed by atoms with Gasteiger partial charge in [-0.1, -0.05) is 42.5 Å². The molecule has 1 aliphatic heterocycles. The Balaban J connectivity index is 1.29. The highest BCUT2D eigenvalue weighted by atomic mass is 32.1. The van der Waals surface area contributed by atoms with Crippen LogP contribution in [0.15, 0.2) is 54.6 Å². The number of amidine groups is 1. The van der Waals surface area contributed by atoms with Gasteiger partial charge in [0.15, 0.2) is 0 Å². The van der Waals surface area contributed by atoms with Crippen LogP contribution < -0.4 is 21.7 Å². The minimum absolute atomic E-state index is 0.00725. The first-order chi connectivity index (χ1) is 15.9. The van der Waals surface area contributed by atoms with Crippen molar-refractivity contribution in [1.29, 1.82) is 5.41 Å². The van der Waals surface area contributed by atoms with E-state index in [1.54, 1.807) is 30.4 Å². The summed E-state index contributed by atoms with van der Waals surface area (Å²) in [7, 11) is 0. The van der Waals surface area contributed by atoms with Crippen LogP contribution in [0.25, 0.3) is 10.1 Å². The average molecular weight is 464 g/mol. The lowest BCUT2D eigenvalue weighted by Gasteiger charge is -2.29. The van der Waals surface area contributed by atoms with Gasteiger partial charge in [-0.3, -0.25) is 15.0 Å². The molecule has 3 aromatic rings. The van der Waals surface area contributed by atoms with Gasteiger partial charge in [0.05, 0.1) is 6.04 Å².